The van der Waals surface area contributed by atoms with Crippen LogP contribution in [0.3, 0.4) is 0 Å². The van der Waals surface area contributed by atoms with Crippen molar-refractivity contribution in [2.45, 2.75) is 70.3 Å². The summed E-state index contributed by atoms with van der Waals surface area (Å²) in [6, 6.07) is 6.57. The van der Waals surface area contributed by atoms with Gasteiger partial charge in [0.1, 0.15) is 5.82 Å². The van der Waals surface area contributed by atoms with Crippen molar-refractivity contribution in [1.82, 2.24) is 5.32 Å². The molecule has 2 atom stereocenters. The van der Waals surface area contributed by atoms with Crippen LogP contribution in [0.2, 0.25) is 18.1 Å². The van der Waals surface area contributed by atoms with Gasteiger partial charge >= 0.3 is 0 Å². The molecule has 1 heterocycles. The molecule has 1 N–H and O–H groups in total. The molecule has 0 aromatic heterocycles. The lowest BCUT2D eigenvalue weighted by Crippen LogP contribution is -2.49. The number of piperidine rings is 1. The average molecular weight is 338 g/mol. The van der Waals surface area contributed by atoms with Crippen molar-refractivity contribution in [3.8, 4) is 0 Å². The van der Waals surface area contributed by atoms with Crippen LogP contribution in [-0.2, 0) is 9.22 Å². The third-order valence-electron chi connectivity index (χ3n) is 5.07. The molecule has 1 fully saturated rings. The molecule has 23 heavy (non-hydrogen) atoms. The second-order valence-electron chi connectivity index (χ2n) is 7.89. The summed E-state index contributed by atoms with van der Waals surface area (Å²) < 4.78 is 20.9. The molecule has 2 unspecified atom stereocenters. The maximum absolute atomic E-state index is 14.4. The molecule has 2 rings (SSSR count). The fourth-order valence-corrected chi connectivity index (χ4v) is 3.90. The normalized spacial score (nSPS) is 21.0. The van der Waals surface area contributed by atoms with E-state index in [4.69, 9.17) is 4.43 Å². The molecule has 1 aliphatic rings. The molecule has 0 radical (unpaired) electrons. The Morgan fingerprint density at radius 1 is 1.30 bits per heavy atom. The van der Waals surface area contributed by atoms with Crippen LogP contribution in [0.15, 0.2) is 24.3 Å². The number of hydrogen-bond donors (Lipinski definition) is 1. The molecule has 3 nitrogen and oxygen atoms in total. The molecule has 0 saturated carbocycles. The summed E-state index contributed by atoms with van der Waals surface area (Å²) >= 11 is 0. The topological polar surface area (TPSA) is 38.3 Å². The number of rotatable bonds is 4. The van der Waals surface area contributed by atoms with Gasteiger partial charge in [0, 0.05) is 12.0 Å². The van der Waals surface area contributed by atoms with Gasteiger partial charge in [-0.1, -0.05) is 39.0 Å². The Kier molecular flexibility index (Phi) is 5.31. The average Bonchev–Trinajstić information content (AvgIpc) is 2.44. The maximum atomic E-state index is 14.4. The Morgan fingerprint density at radius 2 is 1.96 bits per heavy atom. The maximum Gasteiger partial charge on any atom is 0.220 e. The van der Waals surface area contributed by atoms with Gasteiger partial charge in [-0.25, -0.2) is 4.39 Å². The monoisotopic (exact) mass is 337 g/mol. The zero-order valence-electron chi connectivity index (χ0n) is 14.8. The van der Waals surface area contributed by atoms with Crippen LogP contribution in [0.25, 0.3) is 0 Å². The smallest absolute Gasteiger partial charge is 0.220 e. The molecule has 1 amide bonds. The molecular formula is C18H28FNO2Si. The first-order valence-electron chi connectivity index (χ1n) is 8.33. The number of nitrogens with one attached hydrogen (secondary N) is 1. The van der Waals surface area contributed by atoms with E-state index in [9.17, 15) is 9.18 Å². The highest BCUT2D eigenvalue weighted by atomic mass is 28.4. The molecule has 0 bridgehead atoms. The molecule has 5 heteroatoms. The molecule has 0 spiro atoms. The van der Waals surface area contributed by atoms with Gasteiger partial charge in [0.25, 0.3) is 0 Å². The van der Waals surface area contributed by atoms with Crippen LogP contribution >= 0.6 is 0 Å². The molecule has 1 saturated heterocycles. The number of hydrogen-bond acceptors (Lipinski definition) is 2. The number of carbonyl (C=O) groups is 1. The minimum absolute atomic E-state index is 0.0230. The first-order chi connectivity index (χ1) is 10.6. The van der Waals surface area contributed by atoms with E-state index in [1.807, 2.05) is 6.07 Å². The lowest BCUT2D eigenvalue weighted by atomic mass is 9.94. The lowest BCUT2D eigenvalue weighted by Gasteiger charge is -2.42. The van der Waals surface area contributed by atoms with Crippen LogP contribution in [0.5, 0.6) is 0 Å². The van der Waals surface area contributed by atoms with Crippen molar-refractivity contribution in [2.75, 3.05) is 0 Å². The summed E-state index contributed by atoms with van der Waals surface area (Å²) in [5.74, 6) is -0.238. The quantitative estimate of drug-likeness (QED) is 0.818. The van der Waals surface area contributed by atoms with Crippen molar-refractivity contribution in [2.24, 2.45) is 0 Å². The fourth-order valence-electron chi connectivity index (χ4n) is 2.62. The van der Waals surface area contributed by atoms with Crippen molar-refractivity contribution in [3.63, 3.8) is 0 Å². The Balaban J connectivity index is 2.36. The second-order valence-corrected chi connectivity index (χ2v) is 12.6. The first-order valence-corrected chi connectivity index (χ1v) is 11.2. The summed E-state index contributed by atoms with van der Waals surface area (Å²) in [5, 5.41) is 3.03. The summed E-state index contributed by atoms with van der Waals surface area (Å²) in [7, 11) is -2.10. The van der Waals surface area contributed by atoms with Gasteiger partial charge in [0.05, 0.1) is 12.1 Å². The zero-order valence-corrected chi connectivity index (χ0v) is 15.8. The Morgan fingerprint density at radius 3 is 2.52 bits per heavy atom. The molecule has 0 aliphatic carbocycles. The van der Waals surface area contributed by atoms with Gasteiger partial charge in [0.2, 0.25) is 5.91 Å². The number of amides is 1. The van der Waals surface area contributed by atoms with E-state index in [0.29, 0.717) is 12.0 Å². The largest absolute Gasteiger partial charge is 0.408 e. The van der Waals surface area contributed by atoms with Gasteiger partial charge in [0.15, 0.2) is 8.32 Å². The minimum Gasteiger partial charge on any atom is -0.408 e. The Hall–Kier alpha value is -1.20. The summed E-state index contributed by atoms with van der Waals surface area (Å²) in [5.41, 5.74) is 0.546. The van der Waals surface area contributed by atoms with E-state index in [0.717, 1.165) is 12.8 Å². The third-order valence-corrected chi connectivity index (χ3v) is 9.53. The highest BCUT2D eigenvalue weighted by Crippen LogP contribution is 2.41. The van der Waals surface area contributed by atoms with Crippen LogP contribution in [0.1, 0.15) is 51.7 Å². The van der Waals surface area contributed by atoms with E-state index in [1.165, 1.54) is 6.07 Å². The van der Waals surface area contributed by atoms with Gasteiger partial charge in [-0.3, -0.25) is 4.79 Å². The number of benzene rings is 1. The predicted molar refractivity (Wildman–Crippen MR) is 93.2 cm³/mol. The predicted octanol–water partition coefficient (Wildman–Crippen LogP) is 4.56. The van der Waals surface area contributed by atoms with Crippen LogP contribution in [0.4, 0.5) is 4.39 Å². The Labute approximate surface area is 139 Å². The highest BCUT2D eigenvalue weighted by molar-refractivity contribution is 6.74. The fraction of sp³-hybridized carbons (Fsp3) is 0.611. The molecule has 1 aromatic rings. The van der Waals surface area contributed by atoms with Gasteiger partial charge in [-0.15, -0.1) is 0 Å². The highest BCUT2D eigenvalue weighted by Gasteiger charge is 2.42. The minimum atomic E-state index is -2.10. The summed E-state index contributed by atoms with van der Waals surface area (Å²) in [6.45, 7) is 10.8. The molecule has 128 valence electrons. The van der Waals surface area contributed by atoms with Crippen molar-refractivity contribution < 1.29 is 13.6 Å². The molecule has 1 aromatic carbocycles. The van der Waals surface area contributed by atoms with E-state index < -0.39 is 14.4 Å². The number of halogens is 1. The number of carbonyl (C=O) groups excluding carboxylic acids is 1. The summed E-state index contributed by atoms with van der Waals surface area (Å²) in [4.78, 5) is 11.8. The van der Waals surface area contributed by atoms with E-state index in [2.05, 4.69) is 39.2 Å². The second kappa shape index (κ2) is 6.73. The van der Waals surface area contributed by atoms with Crippen LogP contribution in [-0.4, -0.2) is 20.3 Å². The third kappa shape index (κ3) is 4.21. The van der Waals surface area contributed by atoms with E-state index in [1.54, 1.807) is 12.1 Å². The summed E-state index contributed by atoms with van der Waals surface area (Å²) in [6.07, 6.45) is 1.75. The Bertz CT molecular complexity index is 568. The lowest BCUT2D eigenvalue weighted by molar-refractivity contribution is -0.124. The first kappa shape index (κ1) is 18.1. The van der Waals surface area contributed by atoms with Crippen molar-refractivity contribution >= 4 is 14.2 Å². The van der Waals surface area contributed by atoms with Crippen molar-refractivity contribution in [3.05, 3.63) is 35.6 Å². The van der Waals surface area contributed by atoms with Gasteiger partial charge in [-0.05, 0) is 37.0 Å². The standard InChI is InChI=1S/C18H28FNO2Si/c1-18(2,3)23(4,5)22-17(13-9-6-7-10-14(13)19)15-11-8-12-16(21)20-15/h6-7,9-10,15,17H,8,11-12H2,1-5H3,(H,20,21). The molecule has 1 aliphatic heterocycles. The van der Waals surface area contributed by atoms with E-state index >= 15 is 0 Å². The SMILES string of the molecule is CC(C)(C)[Si](C)(C)OC(c1ccccc1F)C1CCCC(=O)N1. The molecular weight excluding hydrogens is 309 g/mol. The van der Waals surface area contributed by atoms with Crippen LogP contribution < -0.4 is 5.32 Å². The van der Waals surface area contributed by atoms with Crippen LogP contribution in [0, 0.1) is 5.82 Å². The zero-order chi connectivity index (χ0) is 17.3. The van der Waals surface area contributed by atoms with Gasteiger partial charge in [-0.2, -0.15) is 0 Å². The van der Waals surface area contributed by atoms with Crippen molar-refractivity contribution in [1.29, 1.82) is 0 Å². The van der Waals surface area contributed by atoms with E-state index in [-0.39, 0.29) is 22.8 Å². The van der Waals surface area contributed by atoms with Gasteiger partial charge < -0.3 is 9.74 Å².